The fourth-order valence-electron chi connectivity index (χ4n) is 8.67. The molecule has 4 fully saturated rings. The van der Waals surface area contributed by atoms with Crippen LogP contribution in [-0.2, 0) is 0 Å². The highest BCUT2D eigenvalue weighted by atomic mass is 16.3. The second-order valence-corrected chi connectivity index (χ2v) is 10.9. The molecule has 9 atom stereocenters. The number of aliphatic hydroxyl groups excluding tert-OH is 1. The molecule has 0 spiro atoms. The minimum atomic E-state index is -0.0172. The van der Waals surface area contributed by atoms with E-state index in [0.29, 0.717) is 10.8 Å². The third-order valence-corrected chi connectivity index (χ3v) is 10.0. The van der Waals surface area contributed by atoms with Gasteiger partial charge < -0.3 is 10.8 Å². The molecule has 0 aromatic carbocycles. The van der Waals surface area contributed by atoms with Gasteiger partial charge in [-0.2, -0.15) is 0 Å². The summed E-state index contributed by atoms with van der Waals surface area (Å²) in [6.45, 7) is 8.58. The van der Waals surface area contributed by atoms with Crippen LogP contribution in [0.4, 0.5) is 0 Å². The van der Waals surface area contributed by atoms with Crippen molar-refractivity contribution in [1.82, 2.24) is 0 Å². The van der Waals surface area contributed by atoms with Crippen molar-refractivity contribution in [2.24, 2.45) is 52.1 Å². The molecule has 2 heteroatoms. The lowest BCUT2D eigenvalue weighted by Crippen LogP contribution is -2.54. The second-order valence-electron chi connectivity index (χ2n) is 10.9. The van der Waals surface area contributed by atoms with Gasteiger partial charge in [-0.15, -0.1) is 0 Å². The Morgan fingerprint density at radius 1 is 0.960 bits per heavy atom. The molecular weight excluding hydrogens is 306 g/mol. The van der Waals surface area contributed by atoms with Gasteiger partial charge in [-0.05, 0) is 117 Å². The Hall–Kier alpha value is -0.0800. The van der Waals surface area contributed by atoms with Crippen molar-refractivity contribution in [3.05, 3.63) is 0 Å². The van der Waals surface area contributed by atoms with Gasteiger partial charge in [-0.25, -0.2) is 0 Å². The second kappa shape index (κ2) is 6.51. The normalized spacial score (nSPS) is 53.6. The first-order valence-electron chi connectivity index (χ1n) is 11.3. The Bertz CT molecular complexity index is 492. The van der Waals surface area contributed by atoms with Gasteiger partial charge in [0.05, 0.1) is 6.10 Å². The summed E-state index contributed by atoms with van der Waals surface area (Å²) in [5.74, 6) is 5.34. The highest BCUT2D eigenvalue weighted by Gasteiger charge is 2.60. The van der Waals surface area contributed by atoms with Crippen LogP contribution >= 0.6 is 0 Å². The Labute approximate surface area is 155 Å². The predicted molar refractivity (Wildman–Crippen MR) is 104 cm³/mol. The number of rotatable bonds is 3. The molecule has 0 amide bonds. The lowest BCUT2D eigenvalue weighted by molar-refractivity contribution is -0.129. The van der Waals surface area contributed by atoms with Crippen molar-refractivity contribution in [2.45, 2.75) is 91.1 Å². The fourth-order valence-corrected chi connectivity index (χ4v) is 8.67. The molecule has 0 aromatic heterocycles. The van der Waals surface area contributed by atoms with Gasteiger partial charge in [0.2, 0.25) is 0 Å². The summed E-state index contributed by atoms with van der Waals surface area (Å²) in [5.41, 5.74) is 6.99. The van der Waals surface area contributed by atoms with Crippen molar-refractivity contribution in [3.63, 3.8) is 0 Å². The lowest BCUT2D eigenvalue weighted by Gasteiger charge is -2.61. The molecule has 4 aliphatic rings. The highest BCUT2D eigenvalue weighted by Crippen LogP contribution is 2.68. The van der Waals surface area contributed by atoms with Crippen LogP contribution in [0.2, 0.25) is 0 Å². The zero-order chi connectivity index (χ0) is 17.8. The first-order chi connectivity index (χ1) is 11.9. The van der Waals surface area contributed by atoms with Gasteiger partial charge in [-0.1, -0.05) is 20.8 Å². The Kier molecular flexibility index (Phi) is 4.77. The summed E-state index contributed by atoms with van der Waals surface area (Å²) in [5, 5.41) is 10.2. The SMILES string of the molecule is CC(CCN)C1CCC2C3CCC4C[C@H](O)CCC4(C)C3CCC12C. The van der Waals surface area contributed by atoms with Gasteiger partial charge in [0.1, 0.15) is 0 Å². The minimum Gasteiger partial charge on any atom is -0.393 e. The smallest absolute Gasteiger partial charge is 0.0543 e. The Morgan fingerprint density at radius 3 is 2.44 bits per heavy atom. The van der Waals surface area contributed by atoms with E-state index in [0.717, 1.165) is 54.9 Å². The Morgan fingerprint density at radius 2 is 1.68 bits per heavy atom. The van der Waals surface area contributed by atoms with E-state index in [-0.39, 0.29) is 6.10 Å². The monoisotopic (exact) mass is 347 g/mol. The van der Waals surface area contributed by atoms with Gasteiger partial charge in [0, 0.05) is 0 Å². The van der Waals surface area contributed by atoms with Crippen LogP contribution in [0.3, 0.4) is 0 Å². The maximum atomic E-state index is 10.2. The van der Waals surface area contributed by atoms with E-state index in [1.54, 1.807) is 0 Å². The summed E-state index contributed by atoms with van der Waals surface area (Å²) < 4.78 is 0. The quantitative estimate of drug-likeness (QED) is 0.755. The summed E-state index contributed by atoms with van der Waals surface area (Å²) in [6, 6.07) is 0. The first kappa shape index (κ1) is 18.3. The molecule has 2 nitrogen and oxygen atoms in total. The molecule has 25 heavy (non-hydrogen) atoms. The molecule has 0 saturated heterocycles. The lowest BCUT2D eigenvalue weighted by atomic mass is 9.44. The molecule has 4 saturated carbocycles. The number of hydrogen-bond donors (Lipinski definition) is 2. The number of nitrogens with two attached hydrogens (primary N) is 1. The Balaban J connectivity index is 1.56. The van der Waals surface area contributed by atoms with Crippen LogP contribution in [0.25, 0.3) is 0 Å². The third-order valence-electron chi connectivity index (χ3n) is 10.0. The van der Waals surface area contributed by atoms with E-state index in [4.69, 9.17) is 5.73 Å². The molecule has 8 unspecified atom stereocenters. The van der Waals surface area contributed by atoms with E-state index in [2.05, 4.69) is 20.8 Å². The fraction of sp³-hybridized carbons (Fsp3) is 1.00. The number of hydrogen-bond acceptors (Lipinski definition) is 2. The van der Waals surface area contributed by atoms with Crippen molar-refractivity contribution in [1.29, 1.82) is 0 Å². The van der Waals surface area contributed by atoms with E-state index in [1.165, 1.54) is 51.4 Å². The van der Waals surface area contributed by atoms with E-state index >= 15 is 0 Å². The van der Waals surface area contributed by atoms with Crippen LogP contribution in [0.5, 0.6) is 0 Å². The topological polar surface area (TPSA) is 46.2 Å². The summed E-state index contributed by atoms with van der Waals surface area (Å²) in [4.78, 5) is 0. The van der Waals surface area contributed by atoms with Gasteiger partial charge in [0.25, 0.3) is 0 Å². The van der Waals surface area contributed by atoms with Crippen molar-refractivity contribution in [2.75, 3.05) is 6.54 Å². The van der Waals surface area contributed by atoms with E-state index < -0.39 is 0 Å². The molecule has 0 bridgehead atoms. The maximum absolute atomic E-state index is 10.2. The van der Waals surface area contributed by atoms with Crippen LogP contribution in [-0.4, -0.2) is 17.8 Å². The van der Waals surface area contributed by atoms with Crippen molar-refractivity contribution in [3.8, 4) is 0 Å². The predicted octanol–water partition coefficient (Wildman–Crippen LogP) is 4.99. The minimum absolute atomic E-state index is 0.0172. The van der Waals surface area contributed by atoms with Crippen LogP contribution in [0.1, 0.15) is 85.0 Å². The largest absolute Gasteiger partial charge is 0.393 e. The molecule has 0 aliphatic heterocycles. The van der Waals surface area contributed by atoms with Crippen molar-refractivity contribution < 1.29 is 5.11 Å². The van der Waals surface area contributed by atoms with E-state index in [1.807, 2.05) is 0 Å². The number of fused-ring (bicyclic) bond motifs is 5. The van der Waals surface area contributed by atoms with Crippen molar-refractivity contribution >= 4 is 0 Å². The summed E-state index contributed by atoms with van der Waals surface area (Å²) >= 11 is 0. The molecule has 4 aliphatic carbocycles. The molecule has 0 radical (unpaired) electrons. The molecule has 0 aromatic rings. The number of aliphatic hydroxyl groups is 1. The standard InChI is InChI=1S/C23H41NO/c1-15(10-13-24)19-6-7-20-18-5-4-16-14-17(25)8-11-22(16,2)21(18)9-12-23(19,20)3/h15-21,25H,4-14,24H2,1-3H3/t15?,16?,17-,18?,19?,20?,21?,22?,23?/m1/s1. The zero-order valence-electron chi connectivity index (χ0n) is 16.8. The van der Waals surface area contributed by atoms with Gasteiger partial charge >= 0.3 is 0 Å². The average Bonchev–Trinajstić information content (AvgIpc) is 2.93. The first-order valence-corrected chi connectivity index (χ1v) is 11.3. The maximum Gasteiger partial charge on any atom is 0.0543 e. The van der Waals surface area contributed by atoms with Crippen LogP contribution in [0.15, 0.2) is 0 Å². The molecule has 4 rings (SSSR count). The zero-order valence-corrected chi connectivity index (χ0v) is 16.8. The summed E-state index contributed by atoms with van der Waals surface area (Å²) in [6.07, 6.45) is 13.2. The highest BCUT2D eigenvalue weighted by molar-refractivity contribution is 5.09. The average molecular weight is 348 g/mol. The van der Waals surface area contributed by atoms with E-state index in [9.17, 15) is 5.11 Å². The molecule has 3 N–H and O–H groups in total. The van der Waals surface area contributed by atoms with Gasteiger partial charge in [-0.3, -0.25) is 0 Å². The molecular formula is C23H41NO. The molecule has 144 valence electrons. The molecule has 0 heterocycles. The summed E-state index contributed by atoms with van der Waals surface area (Å²) in [7, 11) is 0. The van der Waals surface area contributed by atoms with Gasteiger partial charge in [0.15, 0.2) is 0 Å². The third kappa shape index (κ3) is 2.73. The van der Waals surface area contributed by atoms with Crippen LogP contribution < -0.4 is 5.73 Å². The van der Waals surface area contributed by atoms with Crippen LogP contribution in [0, 0.1) is 46.3 Å².